The Labute approximate surface area is 120 Å². The van der Waals surface area contributed by atoms with E-state index < -0.39 is 0 Å². The number of carbonyl (C=O) groups excluding carboxylic acids is 1. The van der Waals surface area contributed by atoms with E-state index in [2.05, 4.69) is 24.8 Å². The number of halogens is 1. The van der Waals surface area contributed by atoms with Gasteiger partial charge < -0.3 is 14.8 Å². The molecule has 7 nitrogen and oxygen atoms in total. The maximum absolute atomic E-state index is 12.1. The molecule has 1 aliphatic rings. The van der Waals surface area contributed by atoms with Gasteiger partial charge in [-0.15, -0.1) is 0 Å². The molecule has 8 heteroatoms. The Morgan fingerprint density at radius 1 is 1.25 bits per heavy atom. The van der Waals surface area contributed by atoms with Crippen molar-refractivity contribution in [3.05, 3.63) is 35.8 Å². The molecule has 2 aromatic rings. The number of aromatic amines is 1. The molecule has 0 unspecified atom stereocenters. The van der Waals surface area contributed by atoms with Crippen LogP contribution in [0.3, 0.4) is 0 Å². The lowest BCUT2D eigenvalue weighted by atomic mass is 10.3. The van der Waals surface area contributed by atoms with Gasteiger partial charge in [0, 0.05) is 32.2 Å². The van der Waals surface area contributed by atoms with Gasteiger partial charge in [-0.1, -0.05) is 11.6 Å². The van der Waals surface area contributed by atoms with Crippen molar-refractivity contribution in [3.63, 3.8) is 0 Å². The fourth-order valence-corrected chi connectivity index (χ4v) is 2.32. The Morgan fingerprint density at radius 3 is 2.70 bits per heavy atom. The number of aromatic nitrogens is 4. The van der Waals surface area contributed by atoms with Gasteiger partial charge in [-0.25, -0.2) is 15.0 Å². The molecule has 1 aliphatic heterocycles. The van der Waals surface area contributed by atoms with Crippen molar-refractivity contribution < 1.29 is 4.79 Å². The van der Waals surface area contributed by atoms with Gasteiger partial charge >= 0.3 is 0 Å². The number of nitrogens with one attached hydrogen (secondary N) is 1. The molecule has 1 fully saturated rings. The Hall–Kier alpha value is -2.15. The maximum atomic E-state index is 12.1. The first-order chi connectivity index (χ1) is 9.74. The normalized spacial score (nSPS) is 15.4. The van der Waals surface area contributed by atoms with Crippen molar-refractivity contribution in [1.82, 2.24) is 24.8 Å². The minimum absolute atomic E-state index is 0.0251. The molecule has 1 N–H and O–H groups in total. The van der Waals surface area contributed by atoms with E-state index in [1.807, 2.05) is 0 Å². The summed E-state index contributed by atoms with van der Waals surface area (Å²) < 4.78 is 0. The second-order valence-electron chi connectivity index (χ2n) is 4.44. The third-order valence-electron chi connectivity index (χ3n) is 3.24. The Kier molecular flexibility index (Phi) is 3.51. The number of nitrogens with zero attached hydrogens (tertiary/aromatic N) is 5. The molecular weight excluding hydrogens is 280 g/mol. The lowest BCUT2D eigenvalue weighted by Crippen LogP contribution is -2.49. The molecule has 1 saturated heterocycles. The average Bonchev–Trinajstić information content (AvgIpc) is 3.01. The number of rotatable bonds is 2. The van der Waals surface area contributed by atoms with Crippen molar-refractivity contribution in [2.24, 2.45) is 0 Å². The third kappa shape index (κ3) is 2.57. The van der Waals surface area contributed by atoms with E-state index in [9.17, 15) is 4.79 Å². The summed E-state index contributed by atoms with van der Waals surface area (Å²) >= 11 is 5.86. The van der Waals surface area contributed by atoms with Crippen molar-refractivity contribution in [2.45, 2.75) is 0 Å². The lowest BCUT2D eigenvalue weighted by Gasteiger charge is -2.35. The molecule has 3 rings (SSSR count). The number of carbonyl (C=O) groups is 1. The number of hydrogen-bond acceptors (Lipinski definition) is 5. The minimum Gasteiger partial charge on any atom is -0.353 e. The standard InChI is InChI=1S/C12H13ClN6O/c13-10-5-11(17-8-16-10)18-1-3-19(4-2-18)12(20)9-6-14-7-15-9/h5-8H,1-4H2,(H,14,15). The van der Waals surface area contributed by atoms with Crippen LogP contribution in [-0.2, 0) is 0 Å². The second-order valence-corrected chi connectivity index (χ2v) is 4.83. The largest absolute Gasteiger partial charge is 0.353 e. The number of H-pyrrole nitrogens is 1. The van der Waals surface area contributed by atoms with Crippen LogP contribution in [0, 0.1) is 0 Å². The van der Waals surface area contributed by atoms with Crippen LogP contribution in [0.5, 0.6) is 0 Å². The second kappa shape index (κ2) is 5.46. The van der Waals surface area contributed by atoms with Crippen LogP contribution >= 0.6 is 11.6 Å². The van der Waals surface area contributed by atoms with Crippen molar-refractivity contribution in [3.8, 4) is 0 Å². The van der Waals surface area contributed by atoms with Gasteiger partial charge in [-0.3, -0.25) is 4.79 Å². The molecule has 0 atom stereocenters. The smallest absolute Gasteiger partial charge is 0.272 e. The zero-order valence-electron chi connectivity index (χ0n) is 10.7. The van der Waals surface area contributed by atoms with Crippen molar-refractivity contribution in [2.75, 3.05) is 31.1 Å². The molecule has 2 aromatic heterocycles. The topological polar surface area (TPSA) is 78.0 Å². The summed E-state index contributed by atoms with van der Waals surface area (Å²) in [4.78, 5) is 30.8. The van der Waals surface area contributed by atoms with E-state index in [1.165, 1.54) is 12.7 Å². The van der Waals surface area contributed by atoms with Crippen molar-refractivity contribution >= 4 is 23.3 Å². The fraction of sp³-hybridized carbons (Fsp3) is 0.333. The first-order valence-electron chi connectivity index (χ1n) is 6.24. The summed E-state index contributed by atoms with van der Waals surface area (Å²) in [7, 11) is 0. The van der Waals surface area contributed by atoms with E-state index in [1.54, 1.807) is 17.2 Å². The highest BCUT2D eigenvalue weighted by molar-refractivity contribution is 6.29. The number of imidazole rings is 1. The van der Waals surface area contributed by atoms with E-state index in [0.29, 0.717) is 37.0 Å². The van der Waals surface area contributed by atoms with E-state index in [-0.39, 0.29) is 5.91 Å². The Bertz CT molecular complexity index is 594. The molecule has 0 saturated carbocycles. The zero-order valence-corrected chi connectivity index (χ0v) is 11.4. The third-order valence-corrected chi connectivity index (χ3v) is 3.45. The Morgan fingerprint density at radius 2 is 2.05 bits per heavy atom. The van der Waals surface area contributed by atoms with Crippen LogP contribution in [0.4, 0.5) is 5.82 Å². The molecule has 0 radical (unpaired) electrons. The van der Waals surface area contributed by atoms with Crippen LogP contribution in [0.1, 0.15) is 10.5 Å². The molecule has 1 amide bonds. The summed E-state index contributed by atoms with van der Waals surface area (Å²) in [6, 6.07) is 1.73. The molecular formula is C12H13ClN6O. The van der Waals surface area contributed by atoms with Crippen molar-refractivity contribution in [1.29, 1.82) is 0 Å². The van der Waals surface area contributed by atoms with Gasteiger partial charge in [-0.2, -0.15) is 0 Å². The van der Waals surface area contributed by atoms with Gasteiger partial charge in [-0.05, 0) is 0 Å². The molecule has 0 aliphatic carbocycles. The fourth-order valence-electron chi connectivity index (χ4n) is 2.18. The van der Waals surface area contributed by atoms with Crippen LogP contribution in [0.25, 0.3) is 0 Å². The molecule has 20 heavy (non-hydrogen) atoms. The van der Waals surface area contributed by atoms with Gasteiger partial charge in [0.25, 0.3) is 5.91 Å². The highest BCUT2D eigenvalue weighted by atomic mass is 35.5. The quantitative estimate of drug-likeness (QED) is 0.829. The SMILES string of the molecule is O=C(c1cnc[nH]1)N1CCN(c2cc(Cl)ncn2)CC1. The van der Waals surface area contributed by atoms with E-state index in [4.69, 9.17) is 11.6 Å². The summed E-state index contributed by atoms with van der Waals surface area (Å²) in [5.74, 6) is 0.765. The highest BCUT2D eigenvalue weighted by Gasteiger charge is 2.23. The minimum atomic E-state index is -0.0251. The van der Waals surface area contributed by atoms with Gasteiger partial charge in [0.05, 0.1) is 12.5 Å². The lowest BCUT2D eigenvalue weighted by molar-refractivity contribution is 0.0741. The predicted molar refractivity (Wildman–Crippen MR) is 73.7 cm³/mol. The molecule has 104 valence electrons. The van der Waals surface area contributed by atoms with Gasteiger partial charge in [0.1, 0.15) is 23.0 Å². The summed E-state index contributed by atoms with van der Waals surface area (Å²) in [6.07, 6.45) is 4.49. The number of piperazine rings is 1. The first kappa shape index (κ1) is 12.9. The average molecular weight is 293 g/mol. The van der Waals surface area contributed by atoms with Gasteiger partial charge in [0.2, 0.25) is 0 Å². The Balaban J connectivity index is 1.64. The van der Waals surface area contributed by atoms with Crippen LogP contribution < -0.4 is 4.90 Å². The number of amides is 1. The van der Waals surface area contributed by atoms with Gasteiger partial charge in [0.15, 0.2) is 0 Å². The summed E-state index contributed by atoms with van der Waals surface area (Å²) in [5, 5.41) is 0.422. The first-order valence-corrected chi connectivity index (χ1v) is 6.62. The van der Waals surface area contributed by atoms with Crippen LogP contribution in [0.2, 0.25) is 5.15 Å². The molecule has 0 aromatic carbocycles. The molecule has 3 heterocycles. The zero-order chi connectivity index (χ0) is 13.9. The predicted octanol–water partition coefficient (Wildman–Crippen LogP) is 0.815. The molecule has 0 spiro atoms. The highest BCUT2D eigenvalue weighted by Crippen LogP contribution is 2.16. The van der Waals surface area contributed by atoms with E-state index in [0.717, 1.165) is 5.82 Å². The monoisotopic (exact) mass is 292 g/mol. The summed E-state index contributed by atoms with van der Waals surface area (Å²) in [5.41, 5.74) is 0.517. The van der Waals surface area contributed by atoms with Crippen LogP contribution in [0.15, 0.2) is 24.9 Å². The summed E-state index contributed by atoms with van der Waals surface area (Å²) in [6.45, 7) is 2.71. The maximum Gasteiger partial charge on any atom is 0.272 e. The van der Waals surface area contributed by atoms with E-state index >= 15 is 0 Å². The molecule has 0 bridgehead atoms. The number of anilines is 1. The number of hydrogen-bond donors (Lipinski definition) is 1. The van der Waals surface area contributed by atoms with Crippen LogP contribution in [-0.4, -0.2) is 56.9 Å².